The summed E-state index contributed by atoms with van der Waals surface area (Å²) in [6.45, 7) is 2.74. The van der Waals surface area contributed by atoms with Crippen LogP contribution < -0.4 is 5.32 Å². The lowest BCUT2D eigenvalue weighted by Gasteiger charge is -2.07. The van der Waals surface area contributed by atoms with Crippen molar-refractivity contribution in [2.75, 3.05) is 11.9 Å². The van der Waals surface area contributed by atoms with Crippen LogP contribution in [0.15, 0.2) is 23.2 Å². The average Bonchev–Trinajstić information content (AvgIpc) is 2.59. The van der Waals surface area contributed by atoms with Crippen molar-refractivity contribution < 1.29 is 8.78 Å². The Bertz CT molecular complexity index is 406. The number of benzene rings is 1. The maximum Gasteiger partial charge on any atom is 0.182 e. The maximum atomic E-state index is 13.3. The van der Waals surface area contributed by atoms with Crippen molar-refractivity contribution >= 4 is 22.6 Å². The van der Waals surface area contributed by atoms with E-state index in [0.29, 0.717) is 17.0 Å². The summed E-state index contributed by atoms with van der Waals surface area (Å²) in [5.41, 5.74) is 0.135. The van der Waals surface area contributed by atoms with Crippen molar-refractivity contribution in [2.45, 2.75) is 12.2 Å². The van der Waals surface area contributed by atoms with Gasteiger partial charge in [-0.2, -0.15) is 0 Å². The molecule has 1 atom stereocenters. The van der Waals surface area contributed by atoms with Gasteiger partial charge in [-0.1, -0.05) is 24.8 Å². The normalized spacial score (nSPS) is 20.2. The van der Waals surface area contributed by atoms with Gasteiger partial charge in [-0.25, -0.2) is 8.78 Å². The van der Waals surface area contributed by atoms with Crippen LogP contribution in [0, 0.1) is 11.6 Å². The van der Waals surface area contributed by atoms with E-state index in [4.69, 9.17) is 0 Å². The van der Waals surface area contributed by atoms with E-state index in [0.717, 1.165) is 6.07 Å². The lowest BCUT2D eigenvalue weighted by atomic mass is 10.3. The molecule has 0 radical (unpaired) electrons. The van der Waals surface area contributed by atoms with E-state index in [2.05, 4.69) is 10.3 Å². The van der Waals surface area contributed by atoms with Gasteiger partial charge in [0.05, 0.1) is 12.2 Å². The Morgan fingerprint density at radius 2 is 2.27 bits per heavy atom. The minimum absolute atomic E-state index is 0.135. The van der Waals surface area contributed by atoms with E-state index in [-0.39, 0.29) is 5.69 Å². The van der Waals surface area contributed by atoms with Gasteiger partial charge >= 0.3 is 0 Å². The lowest BCUT2D eigenvalue weighted by Crippen LogP contribution is -2.08. The van der Waals surface area contributed by atoms with Crippen LogP contribution in [-0.2, 0) is 0 Å². The SMILES string of the molecule is CC1CN=C(Nc2cccc(F)c2F)S1. The molecule has 0 spiro atoms. The second-order valence-electron chi connectivity index (χ2n) is 3.30. The third kappa shape index (κ3) is 2.28. The zero-order valence-electron chi connectivity index (χ0n) is 8.13. The maximum absolute atomic E-state index is 13.3. The van der Waals surface area contributed by atoms with Gasteiger partial charge in [0.15, 0.2) is 16.8 Å². The molecule has 5 heteroatoms. The number of hydrogen-bond donors (Lipinski definition) is 1. The summed E-state index contributed by atoms with van der Waals surface area (Å²) in [5, 5.41) is 3.82. The van der Waals surface area contributed by atoms with Crippen LogP contribution in [0.3, 0.4) is 0 Å². The zero-order chi connectivity index (χ0) is 10.8. The van der Waals surface area contributed by atoms with Gasteiger partial charge in [-0.3, -0.25) is 4.99 Å². The monoisotopic (exact) mass is 228 g/mol. The molecule has 1 aromatic carbocycles. The molecule has 0 aromatic heterocycles. The van der Waals surface area contributed by atoms with Crippen molar-refractivity contribution in [2.24, 2.45) is 4.99 Å². The fourth-order valence-corrected chi connectivity index (χ4v) is 2.11. The van der Waals surface area contributed by atoms with Gasteiger partial charge in [-0.15, -0.1) is 0 Å². The predicted octanol–water partition coefficient (Wildman–Crippen LogP) is 2.87. The Labute approximate surface area is 90.8 Å². The minimum Gasteiger partial charge on any atom is -0.332 e. The second-order valence-corrected chi connectivity index (χ2v) is 4.73. The molecule has 1 aliphatic rings. The number of thioether (sulfide) groups is 1. The highest BCUT2D eigenvalue weighted by Gasteiger charge is 2.16. The Balaban J connectivity index is 2.15. The van der Waals surface area contributed by atoms with Crippen LogP contribution in [0.5, 0.6) is 0 Å². The molecule has 0 fully saturated rings. The van der Waals surface area contributed by atoms with Gasteiger partial charge in [0.25, 0.3) is 0 Å². The summed E-state index contributed by atoms with van der Waals surface area (Å²) in [7, 11) is 0. The average molecular weight is 228 g/mol. The summed E-state index contributed by atoms with van der Waals surface area (Å²) in [6.07, 6.45) is 0. The Hall–Kier alpha value is -1.10. The third-order valence-corrected chi connectivity index (χ3v) is 3.00. The molecule has 0 aliphatic carbocycles. The fraction of sp³-hybridized carbons (Fsp3) is 0.300. The molecule has 0 bridgehead atoms. The first-order chi connectivity index (χ1) is 7.16. The summed E-state index contributed by atoms with van der Waals surface area (Å²) < 4.78 is 26.1. The quantitative estimate of drug-likeness (QED) is 0.799. The number of amidine groups is 1. The number of hydrogen-bond acceptors (Lipinski definition) is 3. The largest absolute Gasteiger partial charge is 0.332 e. The fourth-order valence-electron chi connectivity index (χ4n) is 1.26. The van der Waals surface area contributed by atoms with Crippen molar-refractivity contribution in [1.82, 2.24) is 0 Å². The van der Waals surface area contributed by atoms with E-state index in [9.17, 15) is 8.78 Å². The standard InChI is InChI=1S/C10H10F2N2S/c1-6-5-13-10(15-6)14-8-4-2-3-7(11)9(8)12/h2-4,6H,5H2,1H3,(H,13,14). The first-order valence-corrected chi connectivity index (χ1v) is 5.47. The first kappa shape index (κ1) is 10.4. The highest BCUT2D eigenvalue weighted by Crippen LogP contribution is 2.24. The van der Waals surface area contributed by atoms with E-state index >= 15 is 0 Å². The van der Waals surface area contributed by atoms with E-state index < -0.39 is 11.6 Å². The van der Waals surface area contributed by atoms with Gasteiger partial charge < -0.3 is 5.32 Å². The number of anilines is 1. The summed E-state index contributed by atoms with van der Waals surface area (Å²) in [6, 6.07) is 4.04. The zero-order valence-corrected chi connectivity index (χ0v) is 8.94. The molecule has 80 valence electrons. The molecule has 0 saturated heterocycles. The molecule has 0 saturated carbocycles. The highest BCUT2D eigenvalue weighted by molar-refractivity contribution is 8.15. The van der Waals surface area contributed by atoms with Crippen molar-refractivity contribution in [1.29, 1.82) is 0 Å². The number of nitrogens with zero attached hydrogens (tertiary/aromatic N) is 1. The van der Waals surface area contributed by atoms with Crippen LogP contribution in [0.2, 0.25) is 0 Å². The molecule has 2 nitrogen and oxygen atoms in total. The number of halogens is 2. The third-order valence-electron chi connectivity index (χ3n) is 2.00. The molecule has 1 heterocycles. The van der Waals surface area contributed by atoms with E-state index in [1.165, 1.54) is 23.9 Å². The van der Waals surface area contributed by atoms with Crippen molar-refractivity contribution in [3.8, 4) is 0 Å². The van der Waals surface area contributed by atoms with E-state index in [1.807, 2.05) is 6.92 Å². The molecular formula is C10H10F2N2S. The molecular weight excluding hydrogens is 218 g/mol. The molecule has 15 heavy (non-hydrogen) atoms. The smallest absolute Gasteiger partial charge is 0.182 e. The van der Waals surface area contributed by atoms with Gasteiger partial charge in [-0.05, 0) is 12.1 Å². The molecule has 2 rings (SSSR count). The Kier molecular flexibility index (Phi) is 2.90. The number of rotatable bonds is 1. The van der Waals surface area contributed by atoms with Gasteiger partial charge in [0.2, 0.25) is 0 Å². The molecule has 1 unspecified atom stereocenters. The van der Waals surface area contributed by atoms with Crippen LogP contribution in [0.25, 0.3) is 0 Å². The Morgan fingerprint density at radius 3 is 2.93 bits per heavy atom. The van der Waals surface area contributed by atoms with Gasteiger partial charge in [0, 0.05) is 5.25 Å². The topological polar surface area (TPSA) is 24.4 Å². The number of nitrogens with one attached hydrogen (secondary N) is 1. The van der Waals surface area contributed by atoms with Crippen LogP contribution in [0.4, 0.5) is 14.5 Å². The summed E-state index contributed by atoms with van der Waals surface area (Å²) >= 11 is 1.52. The molecule has 1 N–H and O–H groups in total. The molecule has 1 aliphatic heterocycles. The predicted molar refractivity (Wildman–Crippen MR) is 59.3 cm³/mol. The molecule has 0 amide bonds. The summed E-state index contributed by atoms with van der Waals surface area (Å²) in [5.74, 6) is -1.71. The van der Waals surface area contributed by atoms with E-state index in [1.54, 1.807) is 0 Å². The van der Waals surface area contributed by atoms with Crippen LogP contribution in [-0.4, -0.2) is 17.0 Å². The molecule has 1 aromatic rings. The highest BCUT2D eigenvalue weighted by atomic mass is 32.2. The lowest BCUT2D eigenvalue weighted by molar-refractivity contribution is 0.512. The van der Waals surface area contributed by atoms with Crippen LogP contribution >= 0.6 is 11.8 Å². The van der Waals surface area contributed by atoms with Crippen molar-refractivity contribution in [3.63, 3.8) is 0 Å². The minimum atomic E-state index is -0.861. The second kappa shape index (κ2) is 4.18. The van der Waals surface area contributed by atoms with Crippen molar-refractivity contribution in [3.05, 3.63) is 29.8 Å². The number of aliphatic imine (C=N–C) groups is 1. The van der Waals surface area contributed by atoms with Crippen LogP contribution in [0.1, 0.15) is 6.92 Å². The summed E-state index contributed by atoms with van der Waals surface area (Å²) in [4.78, 5) is 4.16. The van der Waals surface area contributed by atoms with Gasteiger partial charge in [0.1, 0.15) is 0 Å². The Morgan fingerprint density at radius 1 is 1.47 bits per heavy atom. The first-order valence-electron chi connectivity index (χ1n) is 4.59.